The average molecular weight is 296 g/mol. The van der Waals surface area contributed by atoms with Crippen molar-refractivity contribution >= 4 is 10.1 Å². The topological polar surface area (TPSA) is 83.1 Å². The Kier molecular flexibility index (Phi) is 5.47. The largest absolute Gasteiger partial charge is 0.348 e. The molecule has 20 heavy (non-hydrogen) atoms. The monoisotopic (exact) mass is 296 g/mol. The summed E-state index contributed by atoms with van der Waals surface area (Å²) in [7, 11) is -3.67. The molecule has 1 aromatic heterocycles. The van der Waals surface area contributed by atoms with E-state index in [9.17, 15) is 8.42 Å². The van der Waals surface area contributed by atoms with Crippen LogP contribution in [0.25, 0.3) is 0 Å². The van der Waals surface area contributed by atoms with Gasteiger partial charge in [-0.25, -0.2) is 4.98 Å². The number of imidazole rings is 1. The lowest BCUT2D eigenvalue weighted by molar-refractivity contribution is 0.490. The number of hydrogen-bond acceptors (Lipinski definition) is 3. The van der Waals surface area contributed by atoms with E-state index in [2.05, 4.69) is 48.9 Å². The molecule has 0 aliphatic carbocycles. The van der Waals surface area contributed by atoms with Crippen LogP contribution in [0.3, 0.4) is 0 Å². The molecule has 110 valence electrons. The van der Waals surface area contributed by atoms with Crippen LogP contribution in [0, 0.1) is 13.8 Å². The van der Waals surface area contributed by atoms with Crippen molar-refractivity contribution in [2.45, 2.75) is 26.7 Å². The van der Waals surface area contributed by atoms with Crippen LogP contribution in [-0.4, -0.2) is 29.2 Å². The van der Waals surface area contributed by atoms with Gasteiger partial charge < -0.3 is 4.98 Å². The van der Waals surface area contributed by atoms with Crippen molar-refractivity contribution < 1.29 is 13.0 Å². The number of benzene rings is 1. The predicted octanol–water partition coefficient (Wildman–Crippen LogP) is 2.68. The number of rotatable bonds is 2. The number of hydrogen-bond donors (Lipinski definition) is 2. The minimum Gasteiger partial charge on any atom is -0.348 e. The number of nitrogens with one attached hydrogen (secondary N) is 1. The van der Waals surface area contributed by atoms with Gasteiger partial charge >= 0.3 is 0 Å². The van der Waals surface area contributed by atoms with Crippen LogP contribution in [0.5, 0.6) is 0 Å². The summed E-state index contributed by atoms with van der Waals surface area (Å²) < 4.78 is 25.9. The van der Waals surface area contributed by atoms with Gasteiger partial charge in [0.2, 0.25) is 0 Å². The fourth-order valence-corrected chi connectivity index (χ4v) is 1.91. The van der Waals surface area contributed by atoms with Crippen LogP contribution in [0.15, 0.2) is 30.7 Å². The molecule has 2 aromatic rings. The lowest BCUT2D eigenvalue weighted by Gasteiger charge is -2.14. The van der Waals surface area contributed by atoms with Crippen molar-refractivity contribution in [3.8, 4) is 0 Å². The molecule has 0 fully saturated rings. The second kappa shape index (κ2) is 6.67. The fraction of sp³-hybridized carbons (Fsp3) is 0.357. The van der Waals surface area contributed by atoms with Gasteiger partial charge in [0.05, 0.1) is 12.6 Å². The molecule has 6 heteroatoms. The van der Waals surface area contributed by atoms with E-state index in [1.54, 1.807) is 6.33 Å². The highest BCUT2D eigenvalue weighted by Crippen LogP contribution is 2.26. The number of nitrogens with zero attached hydrogens (tertiary/aromatic N) is 1. The number of aromatic nitrogens is 2. The first-order valence-corrected chi connectivity index (χ1v) is 8.01. The third-order valence-corrected chi connectivity index (χ3v) is 3.10. The Morgan fingerprint density at radius 2 is 1.90 bits per heavy atom. The molecule has 0 amide bonds. The lowest BCUT2D eigenvalue weighted by atomic mass is 9.92. The highest BCUT2D eigenvalue weighted by molar-refractivity contribution is 7.85. The molecule has 1 heterocycles. The first-order chi connectivity index (χ1) is 9.20. The van der Waals surface area contributed by atoms with E-state index < -0.39 is 10.1 Å². The maximum atomic E-state index is 9.19. The van der Waals surface area contributed by atoms with Crippen LogP contribution in [0.4, 0.5) is 0 Å². The van der Waals surface area contributed by atoms with E-state index in [0.717, 1.165) is 0 Å². The minimum absolute atomic E-state index is 0.382. The summed E-state index contributed by atoms with van der Waals surface area (Å²) in [6.07, 6.45) is 4.34. The zero-order valence-corrected chi connectivity index (χ0v) is 12.9. The molecule has 0 saturated carbocycles. The maximum Gasteiger partial charge on any atom is 0.261 e. The smallest absolute Gasteiger partial charge is 0.261 e. The Labute approximate surface area is 119 Å². The van der Waals surface area contributed by atoms with Crippen molar-refractivity contribution in [3.63, 3.8) is 0 Å². The van der Waals surface area contributed by atoms with E-state index >= 15 is 0 Å². The van der Waals surface area contributed by atoms with Crippen molar-refractivity contribution in [1.29, 1.82) is 0 Å². The Balaban J connectivity index is 0.000000347. The zero-order chi connectivity index (χ0) is 15.3. The summed E-state index contributed by atoms with van der Waals surface area (Å²) in [5, 5.41) is 0. The van der Waals surface area contributed by atoms with E-state index in [1.807, 2.05) is 6.20 Å². The molecular weight excluding hydrogens is 276 g/mol. The summed E-state index contributed by atoms with van der Waals surface area (Å²) in [6.45, 7) is 6.53. The molecule has 0 unspecified atom stereocenters. The van der Waals surface area contributed by atoms with E-state index in [4.69, 9.17) is 4.55 Å². The highest BCUT2D eigenvalue weighted by Gasteiger charge is 2.12. The van der Waals surface area contributed by atoms with Crippen molar-refractivity contribution in [3.05, 3.63) is 53.1 Å². The van der Waals surface area contributed by atoms with Crippen molar-refractivity contribution in [1.82, 2.24) is 9.97 Å². The van der Waals surface area contributed by atoms with Gasteiger partial charge in [-0.2, -0.15) is 8.42 Å². The van der Waals surface area contributed by atoms with Crippen molar-refractivity contribution in [2.75, 3.05) is 6.26 Å². The third-order valence-electron chi connectivity index (χ3n) is 3.10. The van der Waals surface area contributed by atoms with Crippen molar-refractivity contribution in [2.24, 2.45) is 0 Å². The Morgan fingerprint density at radius 1 is 1.30 bits per heavy atom. The third kappa shape index (κ3) is 5.14. The summed E-state index contributed by atoms with van der Waals surface area (Å²) >= 11 is 0. The molecule has 0 aliphatic heterocycles. The van der Waals surface area contributed by atoms with Gasteiger partial charge in [-0.1, -0.05) is 25.1 Å². The molecule has 0 bridgehead atoms. The first-order valence-electron chi connectivity index (χ1n) is 6.17. The number of aryl methyl sites for hydroxylation is 1. The molecule has 0 saturated heterocycles. The fourth-order valence-electron chi connectivity index (χ4n) is 1.91. The molecule has 0 spiro atoms. The highest BCUT2D eigenvalue weighted by atomic mass is 32.2. The summed E-state index contributed by atoms with van der Waals surface area (Å²) in [5.74, 6) is 0.382. The number of aromatic amines is 1. The Hall–Kier alpha value is -1.66. The molecule has 1 atom stereocenters. The van der Waals surface area contributed by atoms with Gasteiger partial charge in [-0.3, -0.25) is 4.55 Å². The predicted molar refractivity (Wildman–Crippen MR) is 79.5 cm³/mol. The molecule has 0 aliphatic rings. The molecule has 2 rings (SSSR count). The first kappa shape index (κ1) is 16.4. The SMILES string of the molecule is CS(=O)(=O)O.Cc1cccc([C@H](C)c2cnc[nH]2)c1C. The van der Waals surface area contributed by atoms with Crippen LogP contribution in [0.2, 0.25) is 0 Å². The van der Waals surface area contributed by atoms with Gasteiger partial charge in [-0.15, -0.1) is 0 Å². The Bertz CT molecular complexity index is 641. The maximum absolute atomic E-state index is 9.19. The zero-order valence-electron chi connectivity index (χ0n) is 12.1. The molecule has 2 N–H and O–H groups in total. The lowest BCUT2D eigenvalue weighted by Crippen LogP contribution is -2.00. The minimum atomic E-state index is -3.67. The normalized spacial score (nSPS) is 12.4. The van der Waals surface area contributed by atoms with Crippen LogP contribution in [0.1, 0.15) is 35.2 Å². The molecule has 1 aromatic carbocycles. The quantitative estimate of drug-likeness (QED) is 0.835. The van der Waals surface area contributed by atoms with Crippen LogP contribution in [-0.2, 0) is 10.1 Å². The summed E-state index contributed by atoms with van der Waals surface area (Å²) in [4.78, 5) is 7.24. The average Bonchev–Trinajstić information content (AvgIpc) is 2.83. The number of H-pyrrole nitrogens is 1. The van der Waals surface area contributed by atoms with E-state index in [-0.39, 0.29) is 0 Å². The van der Waals surface area contributed by atoms with Gasteiger partial charge in [0.15, 0.2) is 0 Å². The molecule has 5 nitrogen and oxygen atoms in total. The van der Waals surface area contributed by atoms with E-state index in [1.165, 1.54) is 22.4 Å². The molecule has 0 radical (unpaired) electrons. The van der Waals surface area contributed by atoms with Gasteiger partial charge in [0.1, 0.15) is 0 Å². The van der Waals surface area contributed by atoms with Gasteiger partial charge in [0, 0.05) is 17.8 Å². The summed E-state index contributed by atoms with van der Waals surface area (Å²) in [5.41, 5.74) is 5.27. The van der Waals surface area contributed by atoms with Gasteiger partial charge in [-0.05, 0) is 30.5 Å². The Morgan fingerprint density at radius 3 is 2.40 bits per heavy atom. The molecular formula is C14H20N2O3S. The second-order valence-corrected chi connectivity index (χ2v) is 6.22. The van der Waals surface area contributed by atoms with Crippen LogP contribution < -0.4 is 0 Å². The summed E-state index contributed by atoms with van der Waals surface area (Å²) in [6, 6.07) is 6.46. The van der Waals surface area contributed by atoms with Gasteiger partial charge in [0.25, 0.3) is 10.1 Å². The van der Waals surface area contributed by atoms with Crippen LogP contribution >= 0.6 is 0 Å². The van der Waals surface area contributed by atoms with E-state index in [0.29, 0.717) is 12.2 Å². The second-order valence-electron chi connectivity index (χ2n) is 4.75. The standard InChI is InChI=1S/C13H16N2.CH4O3S/c1-9-5-4-6-12(10(9)2)11(3)13-7-14-8-15-13;1-5(2,3)4/h4-8,11H,1-3H3,(H,14,15);1H3,(H,2,3,4)/t11-;/m0./s1.